The lowest BCUT2D eigenvalue weighted by Gasteiger charge is -2.06. The molecule has 0 heterocycles. The summed E-state index contributed by atoms with van der Waals surface area (Å²) in [4.78, 5) is 24.3. The minimum absolute atomic E-state index is 0.163. The van der Waals surface area contributed by atoms with Gasteiger partial charge < -0.3 is 15.6 Å². The molecule has 6 heteroatoms. The first-order valence-corrected chi connectivity index (χ1v) is 8.00. The van der Waals surface area contributed by atoms with E-state index < -0.39 is 5.97 Å². The Balaban J connectivity index is 0.000000208. The molecule has 0 saturated heterocycles. The van der Waals surface area contributed by atoms with Gasteiger partial charge in [-0.3, -0.25) is 0 Å². The molecular formula is C21H18N2O4. The van der Waals surface area contributed by atoms with Crippen LogP contribution in [0.2, 0.25) is 0 Å². The fraction of sp³-hybridized carbons (Fsp3) is 0.0476. The monoisotopic (exact) mass is 362 g/mol. The number of carboxylic acids is 1. The van der Waals surface area contributed by atoms with Gasteiger partial charge in [-0.1, -0.05) is 36.4 Å². The molecule has 27 heavy (non-hydrogen) atoms. The molecule has 0 unspecified atom stereocenters. The number of carbonyl (C=O) groups is 1. The number of hydrogen-bond donors (Lipinski definition) is 2. The van der Waals surface area contributed by atoms with Gasteiger partial charge >= 0.3 is 5.97 Å². The Kier molecular flexibility index (Phi) is 6.88. The molecule has 0 spiro atoms. The third-order valence-corrected chi connectivity index (χ3v) is 3.44. The van der Waals surface area contributed by atoms with Crippen LogP contribution in [-0.2, 0) is 4.79 Å². The lowest BCUT2D eigenvalue weighted by molar-refractivity contribution is 0.0698. The number of aliphatic imine (C=N–C) groups is 1. The van der Waals surface area contributed by atoms with E-state index in [2.05, 4.69) is 4.99 Å². The third-order valence-electron chi connectivity index (χ3n) is 3.44. The first-order chi connectivity index (χ1) is 13.0. The molecule has 3 aromatic rings. The maximum Gasteiger partial charge on any atom is 0.337 e. The number of carboxylic acid groups (broad SMARTS) is 1. The zero-order chi connectivity index (χ0) is 19.6. The lowest BCUT2D eigenvalue weighted by Crippen LogP contribution is -2.01. The van der Waals surface area contributed by atoms with Gasteiger partial charge in [-0.2, -0.15) is 4.99 Å². The number of rotatable bonds is 4. The van der Waals surface area contributed by atoms with E-state index in [1.165, 1.54) is 12.1 Å². The summed E-state index contributed by atoms with van der Waals surface area (Å²) >= 11 is 0. The quantitative estimate of drug-likeness (QED) is 0.397. The van der Waals surface area contributed by atoms with E-state index in [0.717, 1.165) is 5.56 Å². The number of isocyanates is 1. The van der Waals surface area contributed by atoms with Crippen LogP contribution in [0, 0.1) is 6.92 Å². The van der Waals surface area contributed by atoms with Gasteiger partial charge in [-0.15, -0.1) is 0 Å². The lowest BCUT2D eigenvalue weighted by atomic mass is 10.1. The summed E-state index contributed by atoms with van der Waals surface area (Å²) < 4.78 is 5.59. The molecule has 136 valence electrons. The zero-order valence-corrected chi connectivity index (χ0v) is 14.6. The number of carbonyl (C=O) groups excluding carboxylic acids is 1. The van der Waals surface area contributed by atoms with Crippen LogP contribution in [0.4, 0.5) is 11.4 Å². The average molecular weight is 362 g/mol. The summed E-state index contributed by atoms with van der Waals surface area (Å²) in [5.41, 5.74) is 7.36. The number of nitrogens with zero attached hydrogens (tertiary/aromatic N) is 1. The fourth-order valence-electron chi connectivity index (χ4n) is 2.18. The number of ether oxygens (including phenoxy) is 1. The number of benzene rings is 3. The Labute approximate surface area is 156 Å². The van der Waals surface area contributed by atoms with Crippen LogP contribution in [-0.4, -0.2) is 17.2 Å². The van der Waals surface area contributed by atoms with Crippen LogP contribution in [0.5, 0.6) is 11.5 Å². The van der Waals surface area contributed by atoms with Gasteiger partial charge in [0.25, 0.3) is 0 Å². The molecule has 0 aliphatic heterocycles. The van der Waals surface area contributed by atoms with Crippen molar-refractivity contribution >= 4 is 23.4 Å². The summed E-state index contributed by atoms with van der Waals surface area (Å²) in [6.45, 7) is 1.86. The van der Waals surface area contributed by atoms with E-state index in [9.17, 15) is 9.59 Å². The van der Waals surface area contributed by atoms with Crippen molar-refractivity contribution in [3.8, 4) is 11.5 Å². The predicted molar refractivity (Wildman–Crippen MR) is 103 cm³/mol. The molecule has 0 aliphatic carbocycles. The summed E-state index contributed by atoms with van der Waals surface area (Å²) in [5, 5.41) is 8.58. The molecule has 0 radical (unpaired) electrons. The third kappa shape index (κ3) is 5.85. The number of nitrogen functional groups attached to an aromatic ring is 1. The molecule has 0 bridgehead atoms. The second-order valence-electron chi connectivity index (χ2n) is 5.48. The number of para-hydroxylation sites is 3. The minimum atomic E-state index is -0.984. The average Bonchev–Trinajstić information content (AvgIpc) is 2.65. The van der Waals surface area contributed by atoms with Crippen molar-refractivity contribution in [2.45, 2.75) is 6.92 Å². The first-order valence-electron chi connectivity index (χ1n) is 8.00. The molecule has 0 aromatic heterocycles. The van der Waals surface area contributed by atoms with Gasteiger partial charge in [0.2, 0.25) is 6.08 Å². The van der Waals surface area contributed by atoms with E-state index >= 15 is 0 Å². The van der Waals surface area contributed by atoms with Gasteiger partial charge in [-0.25, -0.2) is 9.59 Å². The minimum Gasteiger partial charge on any atom is -0.478 e. The van der Waals surface area contributed by atoms with Crippen molar-refractivity contribution in [3.63, 3.8) is 0 Å². The largest absolute Gasteiger partial charge is 0.478 e. The van der Waals surface area contributed by atoms with Gasteiger partial charge in [0.1, 0.15) is 11.4 Å². The van der Waals surface area contributed by atoms with Gasteiger partial charge in [-0.05, 0) is 48.9 Å². The molecule has 0 atom stereocenters. The van der Waals surface area contributed by atoms with E-state index in [1.54, 1.807) is 30.3 Å². The van der Waals surface area contributed by atoms with Crippen LogP contribution in [0.15, 0.2) is 77.8 Å². The van der Waals surface area contributed by atoms with E-state index in [4.69, 9.17) is 15.6 Å². The molecule has 0 amide bonds. The van der Waals surface area contributed by atoms with Gasteiger partial charge in [0, 0.05) is 5.69 Å². The second-order valence-corrected chi connectivity index (χ2v) is 5.48. The Morgan fingerprint density at radius 3 is 2.33 bits per heavy atom. The molecule has 0 saturated carbocycles. The molecule has 0 aliphatic rings. The first kappa shape index (κ1) is 19.4. The molecule has 3 aromatic carbocycles. The van der Waals surface area contributed by atoms with Crippen molar-refractivity contribution in [2.75, 3.05) is 5.73 Å². The number of aryl methyl sites for hydroxylation is 1. The normalized spacial score (nSPS) is 9.37. The molecule has 3 N–H and O–H groups in total. The molecule has 6 nitrogen and oxygen atoms in total. The van der Waals surface area contributed by atoms with Crippen LogP contribution < -0.4 is 10.5 Å². The maximum absolute atomic E-state index is 10.5. The van der Waals surface area contributed by atoms with Gasteiger partial charge in [0.05, 0.1) is 5.56 Å². The van der Waals surface area contributed by atoms with Gasteiger partial charge in [0.15, 0.2) is 5.75 Å². The Morgan fingerprint density at radius 1 is 1.04 bits per heavy atom. The van der Waals surface area contributed by atoms with Crippen molar-refractivity contribution in [3.05, 3.63) is 83.9 Å². The van der Waals surface area contributed by atoms with Crippen molar-refractivity contribution in [1.29, 1.82) is 0 Å². The SMILES string of the molecule is Cc1ccc(C(=O)O)c(N)c1.O=C=Nc1ccccc1Oc1ccccc1. The number of hydrogen-bond acceptors (Lipinski definition) is 5. The van der Waals surface area contributed by atoms with E-state index in [1.807, 2.05) is 43.3 Å². The summed E-state index contributed by atoms with van der Waals surface area (Å²) in [6, 6.07) is 21.3. The smallest absolute Gasteiger partial charge is 0.337 e. The second kappa shape index (κ2) is 9.56. The molecule has 0 fully saturated rings. The molecule has 3 rings (SSSR count). The summed E-state index contributed by atoms with van der Waals surface area (Å²) in [7, 11) is 0. The fourth-order valence-corrected chi connectivity index (χ4v) is 2.18. The summed E-state index contributed by atoms with van der Waals surface area (Å²) in [6.07, 6.45) is 1.51. The van der Waals surface area contributed by atoms with Crippen LogP contribution in [0.3, 0.4) is 0 Å². The predicted octanol–water partition coefficient (Wildman–Crippen LogP) is 4.72. The highest BCUT2D eigenvalue weighted by atomic mass is 16.5. The van der Waals surface area contributed by atoms with Crippen molar-refractivity contribution in [2.24, 2.45) is 4.99 Å². The van der Waals surface area contributed by atoms with Crippen molar-refractivity contribution < 1.29 is 19.4 Å². The number of anilines is 1. The highest BCUT2D eigenvalue weighted by Gasteiger charge is 2.05. The zero-order valence-electron chi connectivity index (χ0n) is 14.6. The molecular weight excluding hydrogens is 344 g/mol. The van der Waals surface area contributed by atoms with E-state index in [0.29, 0.717) is 22.9 Å². The standard InChI is InChI=1S/C13H9NO2.C8H9NO2/c15-10-14-12-8-4-5-9-13(12)16-11-6-2-1-3-7-11;1-5-2-3-6(8(10)11)7(9)4-5/h1-9H;2-4H,9H2,1H3,(H,10,11). The number of nitrogens with two attached hydrogens (primary N) is 1. The topological polar surface area (TPSA) is 102 Å². The highest BCUT2D eigenvalue weighted by molar-refractivity contribution is 5.93. The van der Waals surface area contributed by atoms with Crippen LogP contribution in [0.1, 0.15) is 15.9 Å². The van der Waals surface area contributed by atoms with Crippen LogP contribution in [0.25, 0.3) is 0 Å². The van der Waals surface area contributed by atoms with E-state index in [-0.39, 0.29) is 5.56 Å². The summed E-state index contributed by atoms with van der Waals surface area (Å²) in [5.74, 6) is 0.260. The Hall–Kier alpha value is -3.89. The van der Waals surface area contributed by atoms with Crippen LogP contribution >= 0.6 is 0 Å². The number of aromatic carboxylic acids is 1. The highest BCUT2D eigenvalue weighted by Crippen LogP contribution is 2.30. The Bertz CT molecular complexity index is 965. The maximum atomic E-state index is 10.5. The Morgan fingerprint density at radius 2 is 1.70 bits per heavy atom. The van der Waals surface area contributed by atoms with Crippen molar-refractivity contribution in [1.82, 2.24) is 0 Å².